The van der Waals surface area contributed by atoms with Gasteiger partial charge in [0.15, 0.2) is 17.4 Å². The molecule has 0 spiro atoms. The van der Waals surface area contributed by atoms with E-state index >= 15 is 0 Å². The van der Waals surface area contributed by atoms with Gasteiger partial charge < -0.3 is 15.2 Å². The van der Waals surface area contributed by atoms with Crippen molar-refractivity contribution in [2.24, 2.45) is 0 Å². The lowest BCUT2D eigenvalue weighted by molar-refractivity contribution is 0.360. The third kappa shape index (κ3) is 3.25. The normalized spacial score (nSPS) is 14.7. The highest BCUT2D eigenvalue weighted by Crippen LogP contribution is 2.47. The van der Waals surface area contributed by atoms with Crippen LogP contribution < -0.4 is 15.0 Å². The Morgan fingerprint density at radius 2 is 1.91 bits per heavy atom. The van der Waals surface area contributed by atoms with E-state index in [1.165, 1.54) is 5.56 Å². The van der Waals surface area contributed by atoms with Gasteiger partial charge in [-0.2, -0.15) is 0 Å². The molecule has 0 atom stereocenters. The number of aromatic nitrogens is 2. The molecule has 35 heavy (non-hydrogen) atoms. The molecule has 0 aliphatic carbocycles. The molecule has 176 valence electrons. The molecule has 2 bridgehead atoms. The molecule has 8 heteroatoms. The molecule has 0 unspecified atom stereocenters. The predicted molar refractivity (Wildman–Crippen MR) is 145 cm³/mol. The number of nitrogens with zero attached hydrogens (tertiary/aromatic N) is 3. The van der Waals surface area contributed by atoms with E-state index in [1.807, 2.05) is 54.8 Å². The average molecular weight is 505 g/mol. The van der Waals surface area contributed by atoms with E-state index in [1.54, 1.807) is 6.07 Å². The van der Waals surface area contributed by atoms with Gasteiger partial charge >= 0.3 is 0 Å². The summed E-state index contributed by atoms with van der Waals surface area (Å²) in [7, 11) is 0. The van der Waals surface area contributed by atoms with Crippen molar-refractivity contribution in [3.63, 3.8) is 0 Å². The first-order chi connectivity index (χ1) is 16.2. The minimum Gasteiger partial charge on any atom is -0.507 e. The Hall–Kier alpha value is -3.74. The van der Waals surface area contributed by atoms with Gasteiger partial charge in [-0.3, -0.25) is 4.90 Å². The molecule has 3 aliphatic rings. The summed E-state index contributed by atoms with van der Waals surface area (Å²) < 4.78 is 6.23. The number of nitrogens with one attached hydrogen (secondary N) is 1. The van der Waals surface area contributed by atoms with Crippen LogP contribution in [-0.2, 0) is 6.42 Å². The van der Waals surface area contributed by atoms with Crippen molar-refractivity contribution in [2.45, 2.75) is 13.3 Å². The first kappa shape index (κ1) is 23.0. The van der Waals surface area contributed by atoms with Crippen LogP contribution in [-0.4, -0.2) is 21.7 Å². The third-order valence-electron chi connectivity index (χ3n) is 6.59. The van der Waals surface area contributed by atoms with Gasteiger partial charge in [0.1, 0.15) is 12.4 Å². The fourth-order valence-electron chi connectivity index (χ4n) is 5.01. The quantitative estimate of drug-likeness (QED) is 0.325. The topological polar surface area (TPSA) is 70.5 Å². The van der Waals surface area contributed by atoms with E-state index in [2.05, 4.69) is 23.2 Å². The minimum atomic E-state index is 0. The second-order valence-electron chi connectivity index (χ2n) is 8.38. The van der Waals surface area contributed by atoms with E-state index in [4.69, 9.17) is 14.7 Å². The SMILES string of the molecule is CCc1cccc2c(-c3nc4c5c6c(ccc5n3)NC3=C(CO6)N4C=CC=C3)c(O)ccc12.Cl.Cl. The maximum atomic E-state index is 11.0. The maximum Gasteiger partial charge on any atom is 0.166 e. The van der Waals surface area contributed by atoms with E-state index in [9.17, 15) is 5.11 Å². The fourth-order valence-corrected chi connectivity index (χ4v) is 5.01. The lowest BCUT2D eigenvalue weighted by atomic mass is 9.97. The smallest absolute Gasteiger partial charge is 0.166 e. The molecular formula is C27H22Cl2N4O2. The summed E-state index contributed by atoms with van der Waals surface area (Å²) in [4.78, 5) is 12.0. The molecule has 2 N–H and O–H groups in total. The van der Waals surface area contributed by atoms with E-state index in [0.29, 0.717) is 18.0 Å². The summed E-state index contributed by atoms with van der Waals surface area (Å²) in [6.07, 6.45) is 8.95. The van der Waals surface area contributed by atoms with Crippen LogP contribution in [0.5, 0.6) is 11.5 Å². The van der Waals surface area contributed by atoms with E-state index in [-0.39, 0.29) is 30.6 Å². The number of allylic oxidation sites excluding steroid dienone is 3. The summed E-state index contributed by atoms with van der Waals surface area (Å²) in [6.45, 7) is 2.56. The summed E-state index contributed by atoms with van der Waals surface area (Å²) in [5, 5.41) is 17.4. The zero-order valence-corrected chi connectivity index (χ0v) is 20.4. The molecule has 3 aromatic carbocycles. The third-order valence-corrected chi connectivity index (χ3v) is 6.59. The Bertz CT molecular complexity index is 1610. The number of phenolic OH excluding ortho intramolecular Hbond substituents is 1. The van der Waals surface area contributed by atoms with Gasteiger partial charge in [0.05, 0.1) is 33.5 Å². The number of hydrogen-bond donors (Lipinski definition) is 2. The molecule has 6 nitrogen and oxygen atoms in total. The molecule has 4 aromatic rings. The van der Waals surface area contributed by atoms with Crippen LogP contribution >= 0.6 is 24.8 Å². The highest BCUT2D eigenvalue weighted by Gasteiger charge is 2.31. The predicted octanol–water partition coefficient (Wildman–Crippen LogP) is 6.48. The lowest BCUT2D eigenvalue weighted by Gasteiger charge is -2.24. The molecule has 0 saturated carbocycles. The maximum absolute atomic E-state index is 11.0. The molecular weight excluding hydrogens is 483 g/mol. The first-order valence-electron chi connectivity index (χ1n) is 11.1. The van der Waals surface area contributed by atoms with Gasteiger partial charge in [0.2, 0.25) is 0 Å². The van der Waals surface area contributed by atoms with Crippen molar-refractivity contribution >= 4 is 58.0 Å². The zero-order chi connectivity index (χ0) is 22.1. The molecule has 7 rings (SSSR count). The number of rotatable bonds is 2. The molecule has 4 heterocycles. The monoisotopic (exact) mass is 504 g/mol. The van der Waals surface area contributed by atoms with Crippen molar-refractivity contribution in [1.82, 2.24) is 9.97 Å². The highest BCUT2D eigenvalue weighted by molar-refractivity contribution is 6.05. The van der Waals surface area contributed by atoms with Crippen LogP contribution in [0.25, 0.3) is 33.1 Å². The average Bonchev–Trinajstić information content (AvgIpc) is 3.22. The molecule has 0 saturated heterocycles. The first-order valence-corrected chi connectivity index (χ1v) is 11.1. The van der Waals surface area contributed by atoms with Gasteiger partial charge in [-0.15, -0.1) is 24.8 Å². The summed E-state index contributed by atoms with van der Waals surface area (Å²) in [5.41, 5.74) is 5.50. The van der Waals surface area contributed by atoms with Crippen LogP contribution in [0.1, 0.15) is 12.5 Å². The molecule has 0 amide bonds. The summed E-state index contributed by atoms with van der Waals surface area (Å²) >= 11 is 0. The van der Waals surface area contributed by atoms with Gasteiger partial charge in [-0.25, -0.2) is 9.97 Å². The number of halogens is 2. The number of aryl methyl sites for hydroxylation is 1. The lowest BCUT2D eigenvalue weighted by Crippen LogP contribution is -2.22. The van der Waals surface area contributed by atoms with E-state index in [0.717, 1.165) is 56.7 Å². The van der Waals surface area contributed by atoms with Crippen LogP contribution in [0.2, 0.25) is 0 Å². The standard InChI is InChI=1S/C27H20N4O2.2ClH/c1-2-15-6-5-7-17-16(15)9-12-22(32)23(17)26-29-19-10-11-20-25-24(19)27(30-26)31-13-4-3-8-18(28-20)21(31)14-33-25;;/h3-13,28,32H,2,14H2,1H3;2*1H. The molecule has 1 aromatic heterocycles. The number of benzene rings is 3. The van der Waals surface area contributed by atoms with Crippen molar-refractivity contribution in [2.75, 3.05) is 16.8 Å². The van der Waals surface area contributed by atoms with E-state index < -0.39 is 0 Å². The number of fused-ring (bicyclic) bond motifs is 3. The van der Waals surface area contributed by atoms with Crippen LogP contribution in [0, 0.1) is 0 Å². The van der Waals surface area contributed by atoms with Crippen LogP contribution in [0.4, 0.5) is 11.5 Å². The van der Waals surface area contributed by atoms with Gasteiger partial charge in [0, 0.05) is 6.20 Å². The highest BCUT2D eigenvalue weighted by atomic mass is 35.5. The largest absolute Gasteiger partial charge is 0.507 e. The second kappa shape index (κ2) is 8.48. The number of hydrogen-bond acceptors (Lipinski definition) is 6. The number of ether oxygens (including phenoxy) is 1. The summed E-state index contributed by atoms with van der Waals surface area (Å²) in [6, 6.07) is 13.9. The molecule has 0 fully saturated rings. The van der Waals surface area contributed by atoms with Gasteiger partial charge in [-0.05, 0) is 53.1 Å². The second-order valence-corrected chi connectivity index (χ2v) is 8.38. The van der Waals surface area contributed by atoms with Crippen LogP contribution in [0.3, 0.4) is 0 Å². The van der Waals surface area contributed by atoms with Crippen LogP contribution in [0.15, 0.2) is 78.3 Å². The Labute approximate surface area is 214 Å². The summed E-state index contributed by atoms with van der Waals surface area (Å²) in [5.74, 6) is 2.17. The van der Waals surface area contributed by atoms with Crippen molar-refractivity contribution in [3.8, 4) is 22.9 Å². The van der Waals surface area contributed by atoms with Crippen molar-refractivity contribution < 1.29 is 9.84 Å². The number of aromatic hydroxyl groups is 1. The Balaban J connectivity index is 0.00000127. The van der Waals surface area contributed by atoms with Gasteiger partial charge in [0.25, 0.3) is 0 Å². The molecule has 3 aliphatic heterocycles. The zero-order valence-electron chi connectivity index (χ0n) is 18.8. The molecule has 0 radical (unpaired) electrons. The van der Waals surface area contributed by atoms with Crippen molar-refractivity contribution in [1.29, 1.82) is 0 Å². The van der Waals surface area contributed by atoms with Crippen molar-refractivity contribution in [3.05, 3.63) is 83.9 Å². The van der Waals surface area contributed by atoms with Gasteiger partial charge in [-0.1, -0.05) is 37.3 Å². The number of anilines is 2. The Kier molecular flexibility index (Phi) is 5.58. The fraction of sp³-hybridized carbons (Fsp3) is 0.111. The number of phenols is 1. The minimum absolute atomic E-state index is 0. The Morgan fingerprint density at radius 3 is 2.77 bits per heavy atom. The Morgan fingerprint density at radius 1 is 1.03 bits per heavy atom.